The molecule has 0 bridgehead atoms. The molecule has 2 aromatic carbocycles. The van der Waals surface area contributed by atoms with Crippen LogP contribution in [0.2, 0.25) is 5.02 Å². The maximum absolute atomic E-state index is 11.7. The summed E-state index contributed by atoms with van der Waals surface area (Å²) >= 11 is 5.78. The highest BCUT2D eigenvalue weighted by Crippen LogP contribution is 2.08. The number of hydrogen-bond acceptors (Lipinski definition) is 3. The Bertz CT molecular complexity index is 645. The first-order valence-electron chi connectivity index (χ1n) is 7.09. The molecule has 6 heteroatoms. The Morgan fingerprint density at radius 1 is 0.913 bits per heavy atom. The van der Waals surface area contributed by atoms with Crippen LogP contribution in [0.3, 0.4) is 0 Å². The Hall–Kier alpha value is -2.53. The summed E-state index contributed by atoms with van der Waals surface area (Å²) in [6.07, 6.45) is -0.629. The number of alkyl carbamates (subject to hydrolysis) is 1. The molecule has 0 aromatic heterocycles. The average Bonchev–Trinajstić information content (AvgIpc) is 2.58. The number of rotatable bonds is 6. The SMILES string of the molecule is O=C(CNC(=O)OCc1ccccc1)NCc1ccc(Cl)cc1. The van der Waals surface area contributed by atoms with Crippen LogP contribution >= 0.6 is 11.6 Å². The Balaban J connectivity index is 1.63. The molecule has 2 rings (SSSR count). The molecule has 23 heavy (non-hydrogen) atoms. The maximum atomic E-state index is 11.7. The third-order valence-corrected chi connectivity index (χ3v) is 3.26. The molecule has 0 fully saturated rings. The molecule has 2 N–H and O–H groups in total. The van der Waals surface area contributed by atoms with Crippen LogP contribution in [0, 0.1) is 0 Å². The van der Waals surface area contributed by atoms with E-state index in [2.05, 4.69) is 10.6 Å². The fraction of sp³-hybridized carbons (Fsp3) is 0.176. The van der Waals surface area contributed by atoms with E-state index in [1.165, 1.54) is 0 Å². The van der Waals surface area contributed by atoms with Crippen molar-refractivity contribution in [3.05, 3.63) is 70.7 Å². The highest BCUT2D eigenvalue weighted by atomic mass is 35.5. The van der Waals surface area contributed by atoms with E-state index in [0.717, 1.165) is 11.1 Å². The molecule has 0 aliphatic carbocycles. The number of hydrogen-bond donors (Lipinski definition) is 2. The number of nitrogens with one attached hydrogen (secondary N) is 2. The molecular weight excluding hydrogens is 316 g/mol. The number of amides is 2. The van der Waals surface area contributed by atoms with Gasteiger partial charge in [-0.05, 0) is 23.3 Å². The minimum Gasteiger partial charge on any atom is -0.445 e. The van der Waals surface area contributed by atoms with Gasteiger partial charge in [0.1, 0.15) is 13.2 Å². The minimum absolute atomic E-state index is 0.138. The summed E-state index contributed by atoms with van der Waals surface area (Å²) in [6, 6.07) is 16.5. The van der Waals surface area contributed by atoms with Gasteiger partial charge < -0.3 is 15.4 Å². The molecule has 0 spiro atoms. The van der Waals surface area contributed by atoms with Crippen molar-refractivity contribution in [3.8, 4) is 0 Å². The van der Waals surface area contributed by atoms with E-state index in [1.807, 2.05) is 42.5 Å². The van der Waals surface area contributed by atoms with Gasteiger partial charge in [0.15, 0.2) is 0 Å². The van der Waals surface area contributed by atoms with Gasteiger partial charge in [-0.3, -0.25) is 4.79 Å². The third-order valence-electron chi connectivity index (χ3n) is 3.01. The van der Waals surface area contributed by atoms with Crippen molar-refractivity contribution < 1.29 is 14.3 Å². The smallest absolute Gasteiger partial charge is 0.407 e. The Morgan fingerprint density at radius 2 is 1.61 bits per heavy atom. The van der Waals surface area contributed by atoms with Gasteiger partial charge in [-0.2, -0.15) is 0 Å². The van der Waals surface area contributed by atoms with E-state index in [4.69, 9.17) is 16.3 Å². The highest BCUT2D eigenvalue weighted by Gasteiger charge is 2.06. The largest absolute Gasteiger partial charge is 0.445 e. The highest BCUT2D eigenvalue weighted by molar-refractivity contribution is 6.30. The zero-order valence-electron chi connectivity index (χ0n) is 12.4. The van der Waals surface area contributed by atoms with Gasteiger partial charge in [0, 0.05) is 11.6 Å². The van der Waals surface area contributed by atoms with Gasteiger partial charge in [0.05, 0.1) is 0 Å². The molecule has 2 amide bonds. The van der Waals surface area contributed by atoms with E-state index in [0.29, 0.717) is 11.6 Å². The van der Waals surface area contributed by atoms with Gasteiger partial charge in [-0.25, -0.2) is 4.79 Å². The van der Waals surface area contributed by atoms with E-state index in [1.54, 1.807) is 12.1 Å². The molecule has 0 atom stereocenters. The normalized spacial score (nSPS) is 9.96. The Labute approximate surface area is 139 Å². The van der Waals surface area contributed by atoms with E-state index >= 15 is 0 Å². The number of halogens is 1. The van der Waals surface area contributed by atoms with Crippen LogP contribution in [-0.2, 0) is 22.7 Å². The first kappa shape index (κ1) is 16.8. The fourth-order valence-electron chi connectivity index (χ4n) is 1.79. The molecule has 0 aliphatic heterocycles. The van der Waals surface area contributed by atoms with E-state index < -0.39 is 6.09 Å². The van der Waals surface area contributed by atoms with Crippen molar-refractivity contribution in [2.24, 2.45) is 0 Å². The summed E-state index contributed by atoms with van der Waals surface area (Å²) in [6.45, 7) is 0.400. The van der Waals surface area contributed by atoms with Gasteiger partial charge in [0.2, 0.25) is 5.91 Å². The summed E-state index contributed by atoms with van der Waals surface area (Å²) in [5, 5.41) is 5.74. The van der Waals surface area contributed by atoms with Gasteiger partial charge in [-0.1, -0.05) is 54.1 Å². The summed E-state index contributed by atoms with van der Waals surface area (Å²) < 4.78 is 5.01. The van der Waals surface area contributed by atoms with Crippen molar-refractivity contribution in [1.82, 2.24) is 10.6 Å². The molecule has 0 saturated carbocycles. The van der Waals surface area contributed by atoms with Gasteiger partial charge in [-0.15, -0.1) is 0 Å². The van der Waals surface area contributed by atoms with Crippen molar-refractivity contribution in [3.63, 3.8) is 0 Å². The molecule has 5 nitrogen and oxygen atoms in total. The first-order valence-corrected chi connectivity index (χ1v) is 7.47. The second kappa shape index (κ2) is 8.80. The summed E-state index contributed by atoms with van der Waals surface area (Å²) in [5.41, 5.74) is 1.81. The predicted octanol–water partition coefficient (Wildman–Crippen LogP) is 2.88. The quantitative estimate of drug-likeness (QED) is 0.854. The Kier molecular flexibility index (Phi) is 6.44. The number of carbonyl (C=O) groups is 2. The standard InChI is InChI=1S/C17H17ClN2O3/c18-15-8-6-13(7-9-15)10-19-16(21)11-20-17(22)23-12-14-4-2-1-3-5-14/h1-9H,10-12H2,(H,19,21)(H,20,22). The topological polar surface area (TPSA) is 67.4 Å². The molecule has 0 saturated heterocycles. The van der Waals surface area contributed by atoms with Crippen LogP contribution < -0.4 is 10.6 Å². The van der Waals surface area contributed by atoms with Crippen molar-refractivity contribution in [1.29, 1.82) is 0 Å². The van der Waals surface area contributed by atoms with Crippen LogP contribution in [0.4, 0.5) is 4.79 Å². The lowest BCUT2D eigenvalue weighted by atomic mass is 10.2. The summed E-state index contributed by atoms with van der Waals surface area (Å²) in [7, 11) is 0. The molecule has 0 radical (unpaired) electrons. The lowest BCUT2D eigenvalue weighted by molar-refractivity contribution is -0.120. The van der Waals surface area contributed by atoms with E-state index in [-0.39, 0.29) is 19.1 Å². The minimum atomic E-state index is -0.629. The molecule has 0 heterocycles. The summed E-state index contributed by atoms with van der Waals surface area (Å²) in [4.78, 5) is 23.2. The van der Waals surface area contributed by atoms with Crippen molar-refractivity contribution in [2.45, 2.75) is 13.2 Å². The van der Waals surface area contributed by atoms with Gasteiger partial charge in [0.25, 0.3) is 0 Å². The molecule has 120 valence electrons. The van der Waals surface area contributed by atoms with E-state index in [9.17, 15) is 9.59 Å². The zero-order valence-corrected chi connectivity index (χ0v) is 13.2. The molecule has 2 aromatic rings. The maximum Gasteiger partial charge on any atom is 0.407 e. The lowest BCUT2D eigenvalue weighted by Gasteiger charge is -2.08. The lowest BCUT2D eigenvalue weighted by Crippen LogP contribution is -2.36. The average molecular weight is 333 g/mol. The second-order valence-corrected chi connectivity index (χ2v) is 5.25. The fourth-order valence-corrected chi connectivity index (χ4v) is 1.92. The van der Waals surface area contributed by atoms with Crippen LogP contribution in [0.5, 0.6) is 0 Å². The van der Waals surface area contributed by atoms with Crippen LogP contribution in [-0.4, -0.2) is 18.5 Å². The van der Waals surface area contributed by atoms with Crippen LogP contribution in [0.15, 0.2) is 54.6 Å². The molecule has 0 aliphatic rings. The Morgan fingerprint density at radius 3 is 2.30 bits per heavy atom. The molecule has 0 unspecified atom stereocenters. The number of carbonyl (C=O) groups excluding carboxylic acids is 2. The summed E-state index contributed by atoms with van der Waals surface area (Å²) in [5.74, 6) is -0.295. The van der Waals surface area contributed by atoms with Crippen molar-refractivity contribution in [2.75, 3.05) is 6.54 Å². The monoisotopic (exact) mass is 332 g/mol. The second-order valence-electron chi connectivity index (χ2n) is 4.82. The molecular formula is C17H17ClN2O3. The number of benzene rings is 2. The zero-order chi connectivity index (χ0) is 16.5. The van der Waals surface area contributed by atoms with Crippen LogP contribution in [0.25, 0.3) is 0 Å². The predicted molar refractivity (Wildman–Crippen MR) is 87.9 cm³/mol. The first-order chi connectivity index (χ1) is 11.1. The third kappa shape index (κ3) is 6.40. The van der Waals surface area contributed by atoms with Gasteiger partial charge >= 0.3 is 6.09 Å². The van der Waals surface area contributed by atoms with Crippen LogP contribution in [0.1, 0.15) is 11.1 Å². The van der Waals surface area contributed by atoms with Crippen molar-refractivity contribution >= 4 is 23.6 Å². The number of ether oxygens (including phenoxy) is 1.